The van der Waals surface area contributed by atoms with Gasteiger partial charge >= 0.3 is 0 Å². The average Bonchev–Trinajstić information content (AvgIpc) is 3.50. The number of para-hydroxylation sites is 1. The Kier molecular flexibility index (Phi) is 14.9. The van der Waals surface area contributed by atoms with E-state index in [0.717, 1.165) is 28.1 Å². The number of carbonyl (C=O) groups is 3. The molecule has 1 aliphatic heterocycles. The van der Waals surface area contributed by atoms with Gasteiger partial charge in [-0.25, -0.2) is 17.8 Å². The normalized spacial score (nSPS) is 13.0. The van der Waals surface area contributed by atoms with Crippen LogP contribution in [0.3, 0.4) is 0 Å². The van der Waals surface area contributed by atoms with E-state index >= 15 is 0 Å². The molecular formula is C32H43N7O7S3. The summed E-state index contributed by atoms with van der Waals surface area (Å²) in [6.07, 6.45) is 2.20. The average molecular weight is 734 g/mol. The van der Waals surface area contributed by atoms with Crippen LogP contribution in [0.4, 0.5) is 5.69 Å². The molecule has 0 radical (unpaired) electrons. The maximum absolute atomic E-state index is 13.0. The zero-order valence-corrected chi connectivity index (χ0v) is 30.3. The summed E-state index contributed by atoms with van der Waals surface area (Å²) in [4.78, 5) is 38.7. The lowest BCUT2D eigenvalue weighted by molar-refractivity contribution is -0.122. The molecule has 0 spiro atoms. The fraction of sp³-hybridized carbons (Fsp3) is 0.469. The molecule has 0 saturated heterocycles. The quantitative estimate of drug-likeness (QED) is 0.122. The van der Waals surface area contributed by atoms with Gasteiger partial charge in [0.05, 0.1) is 50.9 Å². The summed E-state index contributed by atoms with van der Waals surface area (Å²) in [5.74, 6) is -0.373. The lowest BCUT2D eigenvalue weighted by atomic mass is 9.95. The number of hydrogen-bond donors (Lipinski definition) is 3. The number of aromatic nitrogens is 3. The summed E-state index contributed by atoms with van der Waals surface area (Å²) in [6, 6.07) is 15.5. The first kappa shape index (κ1) is 38.3. The minimum Gasteiger partial charge on any atom is -0.380 e. The smallest absolute Gasteiger partial charge is 0.239 e. The molecule has 3 N–H and O–H groups in total. The molecule has 49 heavy (non-hydrogen) atoms. The second-order valence-electron chi connectivity index (χ2n) is 10.9. The largest absolute Gasteiger partial charge is 0.380 e. The fourth-order valence-corrected chi connectivity index (χ4v) is 8.08. The molecule has 1 unspecified atom stereocenters. The lowest BCUT2D eigenvalue weighted by Crippen LogP contribution is -2.47. The highest BCUT2D eigenvalue weighted by atomic mass is 33.1. The Balaban J connectivity index is 1.33. The Labute approximate surface area is 294 Å². The van der Waals surface area contributed by atoms with Crippen LogP contribution in [-0.4, -0.2) is 105 Å². The molecule has 266 valence electrons. The predicted octanol–water partition coefficient (Wildman–Crippen LogP) is 2.45. The van der Waals surface area contributed by atoms with Crippen molar-refractivity contribution < 1.29 is 32.3 Å². The third-order valence-corrected chi connectivity index (χ3v) is 11.4. The first-order valence-corrected chi connectivity index (χ1v) is 20.1. The maximum Gasteiger partial charge on any atom is 0.239 e. The van der Waals surface area contributed by atoms with Gasteiger partial charge in [0, 0.05) is 50.4 Å². The monoisotopic (exact) mass is 733 g/mol. The van der Waals surface area contributed by atoms with Crippen molar-refractivity contribution in [2.45, 2.75) is 38.1 Å². The summed E-state index contributed by atoms with van der Waals surface area (Å²) in [7, 11) is 0.521. The van der Waals surface area contributed by atoms with Crippen LogP contribution in [0.15, 0.2) is 48.5 Å². The SMILES string of the molecule is CNC(=O)CCOCCNS(=O)(=O)C(CCSSC)C(=O)NCCOCCn1nnc2c1-c1ccccc1CN(C(C)=O)c1ccccc1-2. The van der Waals surface area contributed by atoms with E-state index in [1.54, 1.807) is 16.5 Å². The van der Waals surface area contributed by atoms with Gasteiger partial charge in [-0.15, -0.1) is 5.10 Å². The molecule has 1 atom stereocenters. The van der Waals surface area contributed by atoms with Crippen LogP contribution in [0, 0.1) is 0 Å². The van der Waals surface area contributed by atoms with E-state index < -0.39 is 21.2 Å². The van der Waals surface area contributed by atoms with Crippen molar-refractivity contribution in [3.8, 4) is 22.5 Å². The van der Waals surface area contributed by atoms with E-state index in [1.165, 1.54) is 28.6 Å². The summed E-state index contributed by atoms with van der Waals surface area (Å²) < 4.78 is 41.4. The van der Waals surface area contributed by atoms with Crippen LogP contribution < -0.4 is 20.3 Å². The number of ether oxygens (including phenoxy) is 2. The zero-order valence-electron chi connectivity index (χ0n) is 27.8. The Morgan fingerprint density at radius 3 is 2.45 bits per heavy atom. The standard InChI is InChI=1S/C32H43N7O7S3/c1-23(40)38-22-24-8-4-5-9-25(24)31-30(26-10-6-7-11-27(26)38)36-37-39(31)16-20-46-18-14-34-32(42)28(13-21-48-47-3)49(43,44)35-15-19-45-17-12-29(41)33-2/h4-11,28,35H,12-22H2,1-3H3,(H,33,41)(H,34,42). The van der Waals surface area contributed by atoms with E-state index in [4.69, 9.17) is 9.47 Å². The molecule has 3 amide bonds. The van der Waals surface area contributed by atoms with E-state index in [2.05, 4.69) is 25.7 Å². The number of fused-ring (bicyclic) bond motifs is 5. The van der Waals surface area contributed by atoms with Crippen LogP contribution in [0.1, 0.15) is 25.3 Å². The van der Waals surface area contributed by atoms with E-state index in [1.807, 2.05) is 54.8 Å². The third-order valence-electron chi connectivity index (χ3n) is 7.71. The molecule has 4 rings (SSSR count). The molecule has 0 aliphatic carbocycles. The number of nitrogens with one attached hydrogen (secondary N) is 3. The number of carbonyl (C=O) groups excluding carboxylic acids is 3. The van der Waals surface area contributed by atoms with Gasteiger partial charge in [-0.3, -0.25) is 14.4 Å². The molecule has 17 heteroatoms. The third kappa shape index (κ3) is 10.5. The topological polar surface area (TPSA) is 174 Å². The van der Waals surface area contributed by atoms with Crippen molar-refractivity contribution in [1.29, 1.82) is 0 Å². The van der Waals surface area contributed by atoms with Gasteiger partial charge in [0.25, 0.3) is 0 Å². The van der Waals surface area contributed by atoms with Gasteiger partial charge in [-0.1, -0.05) is 69.3 Å². The second-order valence-corrected chi connectivity index (χ2v) is 15.6. The van der Waals surface area contributed by atoms with Gasteiger partial charge in [-0.2, -0.15) is 0 Å². The molecule has 1 aliphatic rings. The molecule has 1 aromatic heterocycles. The highest BCUT2D eigenvalue weighted by Crippen LogP contribution is 2.40. The van der Waals surface area contributed by atoms with Gasteiger partial charge < -0.3 is 25.0 Å². The first-order chi connectivity index (χ1) is 23.7. The van der Waals surface area contributed by atoms with Crippen LogP contribution in [-0.2, 0) is 47.0 Å². The molecule has 3 aromatic rings. The molecule has 0 fully saturated rings. The Hall–Kier alpha value is -3.48. The van der Waals surface area contributed by atoms with Crippen molar-refractivity contribution in [2.75, 3.05) is 63.5 Å². The van der Waals surface area contributed by atoms with Crippen molar-refractivity contribution in [2.24, 2.45) is 0 Å². The Morgan fingerprint density at radius 2 is 1.69 bits per heavy atom. The summed E-state index contributed by atoms with van der Waals surface area (Å²) in [5.41, 5.74) is 4.94. The number of anilines is 1. The Bertz CT molecular complexity index is 1690. The van der Waals surface area contributed by atoms with Crippen molar-refractivity contribution >= 4 is 55.0 Å². The minimum atomic E-state index is -3.98. The van der Waals surface area contributed by atoms with Crippen LogP contribution in [0.2, 0.25) is 0 Å². The second kappa shape index (κ2) is 19.1. The predicted molar refractivity (Wildman–Crippen MR) is 192 cm³/mol. The number of rotatable bonds is 19. The minimum absolute atomic E-state index is 0.0182. The van der Waals surface area contributed by atoms with E-state index in [-0.39, 0.29) is 64.2 Å². The number of nitrogens with zero attached hydrogens (tertiary/aromatic N) is 4. The highest BCUT2D eigenvalue weighted by Gasteiger charge is 2.32. The highest BCUT2D eigenvalue weighted by molar-refractivity contribution is 8.76. The Morgan fingerprint density at radius 1 is 0.980 bits per heavy atom. The first-order valence-electron chi connectivity index (χ1n) is 15.8. The van der Waals surface area contributed by atoms with Gasteiger partial charge in [0.2, 0.25) is 27.7 Å². The number of sulfonamides is 1. The fourth-order valence-electron chi connectivity index (χ4n) is 5.28. The van der Waals surface area contributed by atoms with E-state index in [9.17, 15) is 22.8 Å². The van der Waals surface area contributed by atoms with Gasteiger partial charge in [0.1, 0.15) is 5.69 Å². The van der Waals surface area contributed by atoms with Crippen molar-refractivity contribution in [3.05, 3.63) is 54.1 Å². The summed E-state index contributed by atoms with van der Waals surface area (Å²) in [5, 5.41) is 12.9. The molecule has 0 bridgehead atoms. The molecule has 0 saturated carbocycles. The van der Waals surface area contributed by atoms with Gasteiger partial charge in [0.15, 0.2) is 5.25 Å². The van der Waals surface area contributed by atoms with E-state index in [0.29, 0.717) is 24.5 Å². The molecule has 14 nitrogen and oxygen atoms in total. The molecule has 2 heterocycles. The summed E-state index contributed by atoms with van der Waals surface area (Å²) in [6.45, 7) is 3.09. The van der Waals surface area contributed by atoms with Crippen LogP contribution >= 0.6 is 21.6 Å². The number of amides is 3. The number of hydrogen-bond acceptors (Lipinski definition) is 11. The van der Waals surface area contributed by atoms with Crippen LogP contribution in [0.25, 0.3) is 22.5 Å². The van der Waals surface area contributed by atoms with Gasteiger partial charge in [-0.05, 0) is 24.3 Å². The number of benzene rings is 2. The van der Waals surface area contributed by atoms with Crippen molar-refractivity contribution in [3.63, 3.8) is 0 Å². The lowest BCUT2D eigenvalue weighted by Gasteiger charge is -2.27. The maximum atomic E-state index is 13.0. The molecule has 2 aromatic carbocycles. The zero-order chi connectivity index (χ0) is 35.2. The van der Waals surface area contributed by atoms with Crippen LogP contribution in [0.5, 0.6) is 0 Å². The molecular weight excluding hydrogens is 691 g/mol. The van der Waals surface area contributed by atoms with Crippen molar-refractivity contribution in [1.82, 2.24) is 30.3 Å². The summed E-state index contributed by atoms with van der Waals surface area (Å²) >= 11 is 0.